The Morgan fingerprint density at radius 3 is 2.30 bits per heavy atom. The van der Waals surface area contributed by atoms with Crippen LogP contribution in [-0.4, -0.2) is 28.4 Å². The molecule has 1 aromatic rings. The molecule has 0 spiro atoms. The predicted molar refractivity (Wildman–Crippen MR) is 79.9 cm³/mol. The van der Waals surface area contributed by atoms with Crippen molar-refractivity contribution in [2.75, 3.05) is 28.4 Å². The van der Waals surface area contributed by atoms with E-state index in [1.54, 1.807) is 21.3 Å². The Morgan fingerprint density at radius 1 is 1.10 bits per heavy atom. The molecule has 0 amide bonds. The number of methoxy groups -OCH3 is 3. The van der Waals surface area contributed by atoms with E-state index in [9.17, 15) is 0 Å². The standard InChI is InChI=1S/C16H25NO3/c1-17-13(9-7-11-5-6-11)12-8-10-14(18-2)16(20-4)15(12)19-3/h8,10-11,13,17H,5-7,9H2,1-4H3. The Kier molecular flexibility index (Phi) is 5.12. The first-order valence-electron chi connectivity index (χ1n) is 7.21. The number of benzene rings is 1. The molecule has 4 heteroatoms. The number of ether oxygens (including phenoxy) is 3. The van der Waals surface area contributed by atoms with Gasteiger partial charge < -0.3 is 19.5 Å². The van der Waals surface area contributed by atoms with Crippen molar-refractivity contribution in [3.63, 3.8) is 0 Å². The lowest BCUT2D eigenvalue weighted by atomic mass is 9.99. The molecule has 1 aliphatic carbocycles. The van der Waals surface area contributed by atoms with Crippen molar-refractivity contribution >= 4 is 0 Å². The van der Waals surface area contributed by atoms with Crippen LogP contribution in [0.15, 0.2) is 12.1 Å². The minimum Gasteiger partial charge on any atom is -0.493 e. The molecule has 1 unspecified atom stereocenters. The van der Waals surface area contributed by atoms with Gasteiger partial charge in [0.15, 0.2) is 11.5 Å². The van der Waals surface area contributed by atoms with Crippen molar-refractivity contribution < 1.29 is 14.2 Å². The first kappa shape index (κ1) is 15.0. The second-order valence-electron chi connectivity index (χ2n) is 5.29. The van der Waals surface area contributed by atoms with E-state index >= 15 is 0 Å². The molecule has 0 aliphatic heterocycles. The molecule has 0 saturated heterocycles. The molecule has 1 N–H and O–H groups in total. The molecular weight excluding hydrogens is 254 g/mol. The summed E-state index contributed by atoms with van der Waals surface area (Å²) in [5.74, 6) is 3.06. The van der Waals surface area contributed by atoms with E-state index in [0.29, 0.717) is 11.5 Å². The summed E-state index contributed by atoms with van der Waals surface area (Å²) in [7, 11) is 6.95. The third-order valence-electron chi connectivity index (χ3n) is 4.02. The maximum absolute atomic E-state index is 5.57. The van der Waals surface area contributed by atoms with Crippen LogP contribution >= 0.6 is 0 Å². The largest absolute Gasteiger partial charge is 0.493 e. The summed E-state index contributed by atoms with van der Waals surface area (Å²) < 4.78 is 16.4. The minimum absolute atomic E-state index is 0.283. The summed E-state index contributed by atoms with van der Waals surface area (Å²) in [5, 5.41) is 3.39. The van der Waals surface area contributed by atoms with E-state index in [0.717, 1.165) is 23.7 Å². The van der Waals surface area contributed by atoms with Crippen LogP contribution < -0.4 is 19.5 Å². The number of hydrogen-bond donors (Lipinski definition) is 1. The third-order valence-corrected chi connectivity index (χ3v) is 4.02. The first-order chi connectivity index (χ1) is 9.74. The second-order valence-corrected chi connectivity index (χ2v) is 5.29. The normalized spacial score (nSPS) is 15.8. The highest BCUT2D eigenvalue weighted by atomic mass is 16.5. The smallest absolute Gasteiger partial charge is 0.203 e. The fourth-order valence-electron chi connectivity index (χ4n) is 2.66. The zero-order valence-electron chi connectivity index (χ0n) is 12.9. The van der Waals surface area contributed by atoms with E-state index in [1.165, 1.54) is 19.3 Å². The molecule has 0 heterocycles. The Labute approximate surface area is 121 Å². The van der Waals surface area contributed by atoms with Gasteiger partial charge in [0.05, 0.1) is 21.3 Å². The van der Waals surface area contributed by atoms with Gasteiger partial charge in [0.2, 0.25) is 5.75 Å². The molecule has 0 bridgehead atoms. The van der Waals surface area contributed by atoms with Gasteiger partial charge in [-0.3, -0.25) is 0 Å². The van der Waals surface area contributed by atoms with Crippen LogP contribution in [0.5, 0.6) is 17.2 Å². The summed E-state index contributed by atoms with van der Waals surface area (Å²) in [6.07, 6.45) is 5.16. The number of nitrogens with one attached hydrogen (secondary N) is 1. The molecule has 112 valence electrons. The molecule has 1 aromatic carbocycles. The van der Waals surface area contributed by atoms with Gasteiger partial charge >= 0.3 is 0 Å². The maximum atomic E-state index is 5.57. The molecule has 20 heavy (non-hydrogen) atoms. The van der Waals surface area contributed by atoms with Crippen LogP contribution in [0.1, 0.15) is 37.3 Å². The van der Waals surface area contributed by atoms with E-state index in [-0.39, 0.29) is 6.04 Å². The van der Waals surface area contributed by atoms with Crippen LogP contribution in [-0.2, 0) is 0 Å². The quantitative estimate of drug-likeness (QED) is 0.793. The van der Waals surface area contributed by atoms with Crippen molar-refractivity contribution in [1.29, 1.82) is 0 Å². The summed E-state index contributed by atoms with van der Waals surface area (Å²) in [5.41, 5.74) is 1.13. The number of rotatable bonds is 8. The molecule has 0 aromatic heterocycles. The van der Waals surface area contributed by atoms with Crippen molar-refractivity contribution in [3.8, 4) is 17.2 Å². The minimum atomic E-state index is 0.283. The van der Waals surface area contributed by atoms with Gasteiger partial charge in [-0.2, -0.15) is 0 Å². The van der Waals surface area contributed by atoms with Gasteiger partial charge in [0.25, 0.3) is 0 Å². The van der Waals surface area contributed by atoms with Crippen LogP contribution in [0.4, 0.5) is 0 Å². The lowest BCUT2D eigenvalue weighted by molar-refractivity contribution is 0.318. The van der Waals surface area contributed by atoms with E-state index in [1.807, 2.05) is 13.1 Å². The van der Waals surface area contributed by atoms with E-state index in [4.69, 9.17) is 14.2 Å². The zero-order chi connectivity index (χ0) is 14.5. The molecule has 1 atom stereocenters. The molecular formula is C16H25NO3. The third kappa shape index (κ3) is 3.18. The molecule has 4 nitrogen and oxygen atoms in total. The average molecular weight is 279 g/mol. The first-order valence-corrected chi connectivity index (χ1v) is 7.21. The average Bonchev–Trinajstić information content (AvgIpc) is 3.31. The summed E-state index contributed by atoms with van der Waals surface area (Å²) in [6, 6.07) is 4.29. The van der Waals surface area contributed by atoms with Crippen LogP contribution in [0.3, 0.4) is 0 Å². The van der Waals surface area contributed by atoms with Crippen molar-refractivity contribution in [2.24, 2.45) is 5.92 Å². The summed E-state index contributed by atoms with van der Waals surface area (Å²) in [4.78, 5) is 0. The summed E-state index contributed by atoms with van der Waals surface area (Å²) in [6.45, 7) is 0. The highest BCUT2D eigenvalue weighted by Gasteiger charge is 2.25. The van der Waals surface area contributed by atoms with E-state index < -0.39 is 0 Å². The van der Waals surface area contributed by atoms with Crippen molar-refractivity contribution in [2.45, 2.75) is 31.7 Å². The van der Waals surface area contributed by atoms with Crippen molar-refractivity contribution in [3.05, 3.63) is 17.7 Å². The molecule has 1 saturated carbocycles. The van der Waals surface area contributed by atoms with Gasteiger partial charge in [0, 0.05) is 11.6 Å². The van der Waals surface area contributed by atoms with Gasteiger partial charge in [0.1, 0.15) is 0 Å². The highest BCUT2D eigenvalue weighted by Crippen LogP contribution is 2.44. The SMILES string of the molecule is CNC(CCC1CC1)c1ccc(OC)c(OC)c1OC. The Bertz CT molecular complexity index is 444. The Hall–Kier alpha value is -1.42. The van der Waals surface area contributed by atoms with Gasteiger partial charge in [-0.15, -0.1) is 0 Å². The van der Waals surface area contributed by atoms with Crippen LogP contribution in [0.25, 0.3) is 0 Å². The summed E-state index contributed by atoms with van der Waals surface area (Å²) >= 11 is 0. The predicted octanol–water partition coefficient (Wildman–Crippen LogP) is 3.16. The second kappa shape index (κ2) is 6.84. The molecule has 1 fully saturated rings. The fraction of sp³-hybridized carbons (Fsp3) is 0.625. The topological polar surface area (TPSA) is 39.7 Å². The molecule has 1 aliphatic rings. The van der Waals surface area contributed by atoms with Crippen LogP contribution in [0, 0.1) is 5.92 Å². The fourth-order valence-corrected chi connectivity index (χ4v) is 2.66. The lowest BCUT2D eigenvalue weighted by Crippen LogP contribution is -2.17. The molecule has 2 rings (SSSR count). The number of hydrogen-bond acceptors (Lipinski definition) is 4. The Morgan fingerprint density at radius 2 is 1.80 bits per heavy atom. The monoisotopic (exact) mass is 279 g/mol. The maximum Gasteiger partial charge on any atom is 0.203 e. The van der Waals surface area contributed by atoms with Crippen molar-refractivity contribution in [1.82, 2.24) is 5.32 Å². The van der Waals surface area contributed by atoms with Gasteiger partial charge in [-0.1, -0.05) is 12.8 Å². The van der Waals surface area contributed by atoms with Gasteiger partial charge in [-0.25, -0.2) is 0 Å². The Balaban J connectivity index is 2.27. The zero-order valence-corrected chi connectivity index (χ0v) is 12.9. The lowest BCUT2D eigenvalue weighted by Gasteiger charge is -2.22. The van der Waals surface area contributed by atoms with Gasteiger partial charge in [-0.05, 0) is 37.9 Å². The van der Waals surface area contributed by atoms with Crippen LogP contribution in [0.2, 0.25) is 0 Å². The highest BCUT2D eigenvalue weighted by molar-refractivity contribution is 5.56. The van der Waals surface area contributed by atoms with E-state index in [2.05, 4.69) is 11.4 Å². The molecule has 0 radical (unpaired) electrons.